The summed E-state index contributed by atoms with van der Waals surface area (Å²) in [4.78, 5) is 16.1. The molecule has 25 heavy (non-hydrogen) atoms. The number of benzene rings is 1. The highest BCUT2D eigenvalue weighted by Crippen LogP contribution is 2.24. The maximum absolute atomic E-state index is 12.2. The van der Waals surface area contributed by atoms with Gasteiger partial charge in [-0.2, -0.15) is 5.10 Å². The van der Waals surface area contributed by atoms with Gasteiger partial charge < -0.3 is 15.1 Å². The SMILES string of the molecule is Cc1nnc(-c2ccc(C)c(NC(=O)N[C@@H](C)Cn3cncn3)c2)o1. The molecule has 0 saturated carbocycles. The summed E-state index contributed by atoms with van der Waals surface area (Å²) in [7, 11) is 0. The number of aromatic nitrogens is 5. The molecular weight excluding hydrogens is 322 g/mol. The summed E-state index contributed by atoms with van der Waals surface area (Å²) in [6.45, 7) is 6.07. The van der Waals surface area contributed by atoms with Crippen LogP contribution in [0.5, 0.6) is 0 Å². The highest BCUT2D eigenvalue weighted by molar-refractivity contribution is 5.91. The van der Waals surface area contributed by atoms with Crippen molar-refractivity contribution in [1.29, 1.82) is 0 Å². The van der Waals surface area contributed by atoms with Crippen molar-refractivity contribution >= 4 is 11.7 Å². The number of urea groups is 1. The lowest BCUT2D eigenvalue weighted by Crippen LogP contribution is -2.38. The average molecular weight is 341 g/mol. The molecule has 0 aliphatic carbocycles. The molecule has 130 valence electrons. The second-order valence-electron chi connectivity index (χ2n) is 5.77. The Morgan fingerprint density at radius 1 is 1.32 bits per heavy atom. The van der Waals surface area contributed by atoms with E-state index in [0.717, 1.165) is 11.1 Å². The number of hydrogen-bond donors (Lipinski definition) is 2. The molecule has 2 N–H and O–H groups in total. The Morgan fingerprint density at radius 2 is 2.16 bits per heavy atom. The maximum atomic E-state index is 12.2. The van der Waals surface area contributed by atoms with Gasteiger partial charge in [0, 0.05) is 24.2 Å². The van der Waals surface area contributed by atoms with Crippen LogP contribution in [0.2, 0.25) is 0 Å². The fourth-order valence-corrected chi connectivity index (χ4v) is 2.34. The summed E-state index contributed by atoms with van der Waals surface area (Å²) in [6, 6.07) is 5.17. The van der Waals surface area contributed by atoms with E-state index >= 15 is 0 Å². The summed E-state index contributed by atoms with van der Waals surface area (Å²) in [5, 5.41) is 17.6. The van der Waals surface area contributed by atoms with Gasteiger partial charge in [0.2, 0.25) is 11.8 Å². The minimum absolute atomic E-state index is 0.108. The monoisotopic (exact) mass is 341 g/mol. The Morgan fingerprint density at radius 3 is 2.84 bits per heavy atom. The summed E-state index contributed by atoms with van der Waals surface area (Å²) in [5.41, 5.74) is 2.36. The van der Waals surface area contributed by atoms with Gasteiger partial charge in [0.1, 0.15) is 12.7 Å². The third kappa shape index (κ3) is 4.19. The summed E-state index contributed by atoms with van der Waals surface area (Å²) < 4.78 is 7.09. The first-order valence-corrected chi connectivity index (χ1v) is 7.82. The van der Waals surface area contributed by atoms with Crippen LogP contribution in [-0.2, 0) is 6.54 Å². The molecule has 1 atom stereocenters. The molecule has 2 heterocycles. The van der Waals surface area contributed by atoms with Crippen LogP contribution in [0.3, 0.4) is 0 Å². The van der Waals surface area contributed by atoms with Gasteiger partial charge >= 0.3 is 6.03 Å². The van der Waals surface area contributed by atoms with Gasteiger partial charge in [-0.3, -0.25) is 4.68 Å². The van der Waals surface area contributed by atoms with E-state index in [1.807, 2.05) is 32.0 Å². The van der Waals surface area contributed by atoms with Crippen molar-refractivity contribution in [3.8, 4) is 11.5 Å². The van der Waals surface area contributed by atoms with Crippen molar-refractivity contribution in [3.05, 3.63) is 42.3 Å². The molecule has 0 saturated heterocycles. The first kappa shape index (κ1) is 16.6. The van der Waals surface area contributed by atoms with Crippen LogP contribution in [0, 0.1) is 13.8 Å². The zero-order chi connectivity index (χ0) is 17.8. The van der Waals surface area contributed by atoms with Crippen LogP contribution in [0.25, 0.3) is 11.5 Å². The second kappa shape index (κ2) is 7.12. The van der Waals surface area contributed by atoms with E-state index < -0.39 is 0 Å². The van der Waals surface area contributed by atoms with Crippen LogP contribution >= 0.6 is 0 Å². The van der Waals surface area contributed by atoms with E-state index in [0.29, 0.717) is 24.0 Å². The Labute approximate surface area is 144 Å². The first-order valence-electron chi connectivity index (χ1n) is 7.82. The molecule has 9 nitrogen and oxygen atoms in total. The van der Waals surface area contributed by atoms with Gasteiger partial charge in [-0.05, 0) is 31.5 Å². The first-order chi connectivity index (χ1) is 12.0. The van der Waals surface area contributed by atoms with Gasteiger partial charge in [-0.1, -0.05) is 6.07 Å². The fraction of sp³-hybridized carbons (Fsp3) is 0.312. The quantitative estimate of drug-likeness (QED) is 0.735. The average Bonchev–Trinajstić information content (AvgIpc) is 3.21. The number of carbonyl (C=O) groups excluding carboxylic acids is 1. The molecule has 3 aromatic rings. The molecule has 0 spiro atoms. The summed E-state index contributed by atoms with van der Waals surface area (Å²) in [6.07, 6.45) is 3.07. The Balaban J connectivity index is 1.66. The van der Waals surface area contributed by atoms with Crippen molar-refractivity contribution in [3.63, 3.8) is 0 Å². The van der Waals surface area contributed by atoms with E-state index in [1.165, 1.54) is 6.33 Å². The van der Waals surface area contributed by atoms with Crippen LogP contribution in [-0.4, -0.2) is 37.0 Å². The Hall–Kier alpha value is -3.23. The lowest BCUT2D eigenvalue weighted by molar-refractivity contribution is 0.247. The van der Waals surface area contributed by atoms with E-state index in [1.54, 1.807) is 17.9 Å². The fourth-order valence-electron chi connectivity index (χ4n) is 2.34. The van der Waals surface area contributed by atoms with Gasteiger partial charge in [0.15, 0.2) is 0 Å². The topological polar surface area (TPSA) is 111 Å². The number of amides is 2. The van der Waals surface area contributed by atoms with Crippen LogP contribution in [0.15, 0.2) is 35.3 Å². The van der Waals surface area contributed by atoms with E-state index in [-0.39, 0.29) is 12.1 Å². The van der Waals surface area contributed by atoms with E-state index in [4.69, 9.17) is 4.42 Å². The molecule has 0 aliphatic rings. The van der Waals surface area contributed by atoms with Crippen LogP contribution in [0.1, 0.15) is 18.4 Å². The van der Waals surface area contributed by atoms with Gasteiger partial charge in [0.25, 0.3) is 0 Å². The van der Waals surface area contributed by atoms with E-state index in [9.17, 15) is 4.79 Å². The number of anilines is 1. The highest BCUT2D eigenvalue weighted by atomic mass is 16.4. The highest BCUT2D eigenvalue weighted by Gasteiger charge is 2.12. The molecule has 3 rings (SSSR count). The predicted octanol–water partition coefficient (Wildman–Crippen LogP) is 2.16. The molecule has 0 bridgehead atoms. The molecule has 0 aliphatic heterocycles. The molecule has 1 aromatic carbocycles. The lowest BCUT2D eigenvalue weighted by Gasteiger charge is -2.15. The smallest absolute Gasteiger partial charge is 0.319 e. The molecule has 2 aromatic heterocycles. The van der Waals surface area contributed by atoms with Crippen molar-refractivity contribution < 1.29 is 9.21 Å². The summed E-state index contributed by atoms with van der Waals surface area (Å²) in [5.74, 6) is 0.908. The normalized spacial score (nSPS) is 12.0. The number of nitrogens with zero attached hydrogens (tertiary/aromatic N) is 5. The van der Waals surface area contributed by atoms with Crippen molar-refractivity contribution in [2.45, 2.75) is 33.4 Å². The van der Waals surface area contributed by atoms with Crippen molar-refractivity contribution in [1.82, 2.24) is 30.3 Å². The van der Waals surface area contributed by atoms with Gasteiger partial charge in [-0.15, -0.1) is 10.2 Å². The standard InChI is InChI=1S/C16H19N7O2/c1-10-4-5-13(15-22-21-12(3)25-15)6-14(10)20-16(24)19-11(2)7-23-9-17-8-18-23/h4-6,8-9,11H,7H2,1-3H3,(H2,19,20,24)/t11-/m0/s1. The molecule has 0 unspecified atom stereocenters. The number of nitrogens with one attached hydrogen (secondary N) is 2. The van der Waals surface area contributed by atoms with Crippen molar-refractivity contribution in [2.24, 2.45) is 0 Å². The maximum Gasteiger partial charge on any atom is 0.319 e. The second-order valence-corrected chi connectivity index (χ2v) is 5.77. The summed E-state index contributed by atoms with van der Waals surface area (Å²) >= 11 is 0. The minimum Gasteiger partial charge on any atom is -0.421 e. The number of hydrogen-bond acceptors (Lipinski definition) is 6. The van der Waals surface area contributed by atoms with Crippen LogP contribution < -0.4 is 10.6 Å². The third-order valence-electron chi connectivity index (χ3n) is 3.56. The Kier molecular flexibility index (Phi) is 4.73. The van der Waals surface area contributed by atoms with E-state index in [2.05, 4.69) is 30.9 Å². The predicted molar refractivity (Wildman–Crippen MR) is 90.8 cm³/mol. The van der Waals surface area contributed by atoms with Crippen molar-refractivity contribution in [2.75, 3.05) is 5.32 Å². The lowest BCUT2D eigenvalue weighted by atomic mass is 10.1. The molecular formula is C16H19N7O2. The zero-order valence-corrected chi connectivity index (χ0v) is 14.2. The number of carbonyl (C=O) groups is 1. The van der Waals surface area contributed by atoms with Gasteiger partial charge in [-0.25, -0.2) is 9.78 Å². The Bertz CT molecular complexity index is 857. The number of aryl methyl sites for hydroxylation is 2. The largest absolute Gasteiger partial charge is 0.421 e. The van der Waals surface area contributed by atoms with Gasteiger partial charge in [0.05, 0.1) is 6.54 Å². The minimum atomic E-state index is -0.297. The molecule has 2 amide bonds. The zero-order valence-electron chi connectivity index (χ0n) is 14.2. The number of rotatable bonds is 5. The third-order valence-corrected chi connectivity index (χ3v) is 3.56. The molecule has 0 fully saturated rings. The molecule has 0 radical (unpaired) electrons. The van der Waals surface area contributed by atoms with Crippen LogP contribution in [0.4, 0.5) is 10.5 Å². The molecule has 9 heteroatoms.